The molecule has 0 aliphatic rings. The second kappa shape index (κ2) is 10.3. The van der Waals surface area contributed by atoms with Crippen LogP contribution in [0.25, 0.3) is 0 Å². The van der Waals surface area contributed by atoms with Crippen LogP contribution in [0.3, 0.4) is 0 Å². The quantitative estimate of drug-likeness (QED) is 0.524. The van der Waals surface area contributed by atoms with Crippen molar-refractivity contribution in [2.75, 3.05) is 10.6 Å². The van der Waals surface area contributed by atoms with E-state index in [1.807, 2.05) is 39.0 Å². The number of benzene rings is 2. The van der Waals surface area contributed by atoms with Crippen LogP contribution < -0.4 is 16.0 Å². The molecule has 0 radical (unpaired) electrons. The molecule has 1 heterocycles. The molecule has 3 amide bonds. The number of aryl methyl sites for hydroxylation is 1. The first-order chi connectivity index (χ1) is 15.3. The van der Waals surface area contributed by atoms with Gasteiger partial charge in [0, 0.05) is 36.1 Å². The van der Waals surface area contributed by atoms with E-state index in [-0.39, 0.29) is 23.6 Å². The molecule has 3 aromatic rings. The third-order valence-corrected chi connectivity index (χ3v) is 4.90. The Hall–Kier alpha value is -4.00. The first-order valence-electron chi connectivity index (χ1n) is 10.3. The van der Waals surface area contributed by atoms with Crippen molar-refractivity contribution < 1.29 is 14.4 Å². The van der Waals surface area contributed by atoms with Crippen LogP contribution in [0.15, 0.2) is 67.0 Å². The van der Waals surface area contributed by atoms with Gasteiger partial charge in [0.15, 0.2) is 0 Å². The summed E-state index contributed by atoms with van der Waals surface area (Å²) in [6.45, 7) is 5.81. The summed E-state index contributed by atoms with van der Waals surface area (Å²) in [5, 5.41) is 8.56. The van der Waals surface area contributed by atoms with E-state index in [1.165, 1.54) is 0 Å². The van der Waals surface area contributed by atoms with Gasteiger partial charge < -0.3 is 16.0 Å². The average Bonchev–Trinajstić information content (AvgIpc) is 2.80. The van der Waals surface area contributed by atoms with E-state index in [0.29, 0.717) is 29.0 Å². The molecule has 0 unspecified atom stereocenters. The highest BCUT2D eigenvalue weighted by molar-refractivity contribution is 6.09. The number of nitrogens with zero attached hydrogens (tertiary/aromatic N) is 1. The number of para-hydroxylation sites is 1. The Morgan fingerprint density at radius 3 is 2.22 bits per heavy atom. The first kappa shape index (κ1) is 22.7. The zero-order chi connectivity index (χ0) is 23.1. The van der Waals surface area contributed by atoms with Gasteiger partial charge in [0.1, 0.15) is 0 Å². The van der Waals surface area contributed by atoms with E-state index >= 15 is 0 Å². The summed E-state index contributed by atoms with van der Waals surface area (Å²) in [4.78, 5) is 41.1. The fourth-order valence-electron chi connectivity index (χ4n) is 2.98. The molecular weight excluding hydrogens is 404 g/mol. The molecule has 1 aromatic heterocycles. The smallest absolute Gasteiger partial charge is 0.255 e. The Morgan fingerprint density at radius 2 is 1.56 bits per heavy atom. The molecule has 2 aromatic carbocycles. The molecule has 32 heavy (non-hydrogen) atoms. The third-order valence-electron chi connectivity index (χ3n) is 4.90. The van der Waals surface area contributed by atoms with Crippen molar-refractivity contribution in [1.29, 1.82) is 0 Å². The summed E-state index contributed by atoms with van der Waals surface area (Å²) < 4.78 is 0. The normalized spacial score (nSPS) is 10.5. The van der Waals surface area contributed by atoms with Gasteiger partial charge in [0.25, 0.3) is 11.8 Å². The topological polar surface area (TPSA) is 100 Å². The van der Waals surface area contributed by atoms with Gasteiger partial charge in [-0.1, -0.05) is 38.1 Å². The second-order valence-electron chi connectivity index (χ2n) is 7.71. The van der Waals surface area contributed by atoms with Crippen LogP contribution in [0.2, 0.25) is 0 Å². The third kappa shape index (κ3) is 5.78. The number of carbonyl (C=O) groups excluding carboxylic acids is 3. The molecule has 0 aliphatic carbocycles. The molecular formula is C25H26N4O3. The molecule has 164 valence electrons. The van der Waals surface area contributed by atoms with Gasteiger partial charge in [-0.05, 0) is 48.4 Å². The summed E-state index contributed by atoms with van der Waals surface area (Å²) in [7, 11) is 0. The molecule has 0 saturated heterocycles. The standard InChI is InChI=1S/C25H26N4O3/c1-16(2)23(30)28-20-9-7-18(8-10-20)15-27-25(32)21-6-4-5-17(3)22(21)29-24(31)19-11-13-26-14-12-19/h4-14,16H,15H2,1-3H3,(H,27,32)(H,28,30)(H,29,31). The number of pyridine rings is 1. The highest BCUT2D eigenvalue weighted by Gasteiger charge is 2.16. The molecule has 7 nitrogen and oxygen atoms in total. The van der Waals surface area contributed by atoms with Crippen LogP contribution in [0, 0.1) is 12.8 Å². The van der Waals surface area contributed by atoms with E-state index in [4.69, 9.17) is 0 Å². The minimum absolute atomic E-state index is 0.0492. The Kier molecular flexibility index (Phi) is 7.33. The van der Waals surface area contributed by atoms with E-state index in [0.717, 1.165) is 11.1 Å². The van der Waals surface area contributed by atoms with Gasteiger partial charge in [-0.25, -0.2) is 0 Å². The number of rotatable bonds is 7. The maximum Gasteiger partial charge on any atom is 0.255 e. The van der Waals surface area contributed by atoms with Crippen molar-refractivity contribution in [3.05, 3.63) is 89.2 Å². The lowest BCUT2D eigenvalue weighted by Gasteiger charge is -2.14. The second-order valence-corrected chi connectivity index (χ2v) is 7.71. The number of anilines is 2. The molecule has 0 fully saturated rings. The van der Waals surface area contributed by atoms with Gasteiger partial charge in [-0.2, -0.15) is 0 Å². The summed E-state index contributed by atoms with van der Waals surface area (Å²) in [6.07, 6.45) is 3.08. The largest absolute Gasteiger partial charge is 0.348 e. The van der Waals surface area contributed by atoms with Crippen LogP contribution in [0.1, 0.15) is 45.7 Å². The van der Waals surface area contributed by atoms with Crippen molar-refractivity contribution in [3.63, 3.8) is 0 Å². The number of hydrogen-bond acceptors (Lipinski definition) is 4. The minimum Gasteiger partial charge on any atom is -0.348 e. The van der Waals surface area contributed by atoms with Gasteiger partial charge in [-0.3, -0.25) is 19.4 Å². The monoisotopic (exact) mass is 430 g/mol. The summed E-state index contributed by atoms with van der Waals surface area (Å²) in [6, 6.07) is 15.8. The van der Waals surface area contributed by atoms with Crippen molar-refractivity contribution in [3.8, 4) is 0 Å². The van der Waals surface area contributed by atoms with Crippen molar-refractivity contribution in [2.24, 2.45) is 5.92 Å². The number of amides is 3. The molecule has 0 spiro atoms. The predicted molar refractivity (Wildman–Crippen MR) is 124 cm³/mol. The molecule has 3 N–H and O–H groups in total. The zero-order valence-electron chi connectivity index (χ0n) is 18.3. The summed E-state index contributed by atoms with van der Waals surface area (Å²) in [5.41, 5.74) is 3.69. The minimum atomic E-state index is -0.310. The average molecular weight is 431 g/mol. The van der Waals surface area contributed by atoms with Crippen molar-refractivity contribution in [1.82, 2.24) is 10.3 Å². The summed E-state index contributed by atoms with van der Waals surface area (Å²) >= 11 is 0. The Labute approximate surface area is 187 Å². The van der Waals surface area contributed by atoms with Gasteiger partial charge in [0.05, 0.1) is 11.3 Å². The maximum absolute atomic E-state index is 12.9. The molecule has 0 bridgehead atoms. The predicted octanol–water partition coefficient (Wildman–Crippen LogP) is 4.17. The summed E-state index contributed by atoms with van der Waals surface area (Å²) in [5.74, 6) is -0.755. The molecule has 3 rings (SSSR count). The van der Waals surface area contributed by atoms with Gasteiger partial charge >= 0.3 is 0 Å². The van der Waals surface area contributed by atoms with Gasteiger partial charge in [0.2, 0.25) is 5.91 Å². The van der Waals surface area contributed by atoms with Gasteiger partial charge in [-0.15, -0.1) is 0 Å². The highest BCUT2D eigenvalue weighted by atomic mass is 16.2. The van der Waals surface area contributed by atoms with Crippen molar-refractivity contribution in [2.45, 2.75) is 27.3 Å². The number of carbonyl (C=O) groups is 3. The van der Waals surface area contributed by atoms with Crippen LogP contribution >= 0.6 is 0 Å². The number of nitrogens with one attached hydrogen (secondary N) is 3. The fourth-order valence-corrected chi connectivity index (χ4v) is 2.98. The first-order valence-corrected chi connectivity index (χ1v) is 10.3. The number of hydrogen-bond donors (Lipinski definition) is 3. The fraction of sp³-hybridized carbons (Fsp3) is 0.200. The SMILES string of the molecule is Cc1cccc(C(=O)NCc2ccc(NC(=O)C(C)C)cc2)c1NC(=O)c1ccncc1. The van der Waals surface area contributed by atoms with E-state index in [1.54, 1.807) is 48.8 Å². The van der Waals surface area contributed by atoms with Crippen LogP contribution in [-0.4, -0.2) is 22.7 Å². The molecule has 0 saturated carbocycles. The Bertz CT molecular complexity index is 1110. The van der Waals surface area contributed by atoms with Crippen LogP contribution in [0.4, 0.5) is 11.4 Å². The highest BCUT2D eigenvalue weighted by Crippen LogP contribution is 2.22. The van der Waals surface area contributed by atoms with E-state index < -0.39 is 0 Å². The van der Waals surface area contributed by atoms with E-state index in [9.17, 15) is 14.4 Å². The Balaban J connectivity index is 1.67. The molecule has 0 atom stereocenters. The molecule has 7 heteroatoms. The Morgan fingerprint density at radius 1 is 0.875 bits per heavy atom. The van der Waals surface area contributed by atoms with E-state index in [2.05, 4.69) is 20.9 Å². The van der Waals surface area contributed by atoms with Crippen LogP contribution in [0.5, 0.6) is 0 Å². The van der Waals surface area contributed by atoms with Crippen LogP contribution in [-0.2, 0) is 11.3 Å². The zero-order valence-corrected chi connectivity index (χ0v) is 18.3. The lowest BCUT2D eigenvalue weighted by Crippen LogP contribution is -2.25. The maximum atomic E-state index is 12.9. The lowest BCUT2D eigenvalue weighted by atomic mass is 10.1. The molecule has 0 aliphatic heterocycles. The number of aromatic nitrogens is 1. The lowest BCUT2D eigenvalue weighted by molar-refractivity contribution is -0.118. The van der Waals surface area contributed by atoms with Crippen molar-refractivity contribution >= 4 is 29.1 Å².